The first kappa shape index (κ1) is 19.0. The molecule has 154 valence electrons. The lowest BCUT2D eigenvalue weighted by molar-refractivity contribution is -0.123. The fourth-order valence-electron chi connectivity index (χ4n) is 5.52. The van der Waals surface area contributed by atoms with Crippen molar-refractivity contribution in [1.29, 1.82) is 0 Å². The van der Waals surface area contributed by atoms with Gasteiger partial charge >= 0.3 is 0 Å². The Bertz CT molecular complexity index is 1030. The zero-order chi connectivity index (χ0) is 21.0. The Morgan fingerprint density at radius 2 is 1.67 bits per heavy atom. The van der Waals surface area contributed by atoms with Crippen LogP contribution in [0.5, 0.6) is 5.75 Å². The summed E-state index contributed by atoms with van der Waals surface area (Å²) in [5, 5.41) is 0. The molecule has 1 heterocycles. The van der Waals surface area contributed by atoms with Gasteiger partial charge in [0.15, 0.2) is 12.4 Å². The summed E-state index contributed by atoms with van der Waals surface area (Å²) in [6, 6.07) is 12.5. The van der Waals surface area contributed by atoms with E-state index in [0.717, 1.165) is 30.4 Å². The third-order valence-electron chi connectivity index (χ3n) is 7.20. The van der Waals surface area contributed by atoms with Crippen LogP contribution < -0.4 is 9.64 Å². The SMILES string of the molecule is Cc1ccc(C(=O)COc2cccc(N3C(=O)[C@@H]4[C@H]5CC[C@@H](C5)[C@H]4C3=O)c2)cc1C. The lowest BCUT2D eigenvalue weighted by Gasteiger charge is -2.19. The number of imide groups is 1. The molecule has 3 aliphatic rings. The van der Waals surface area contributed by atoms with Crippen LogP contribution in [-0.2, 0) is 9.59 Å². The summed E-state index contributed by atoms with van der Waals surface area (Å²) in [5.74, 6) is 0.654. The topological polar surface area (TPSA) is 63.7 Å². The van der Waals surface area contributed by atoms with Crippen molar-refractivity contribution in [2.45, 2.75) is 33.1 Å². The lowest BCUT2D eigenvalue weighted by Crippen LogP contribution is -2.32. The molecule has 5 nitrogen and oxygen atoms in total. The first-order chi connectivity index (χ1) is 14.4. The van der Waals surface area contributed by atoms with Crippen LogP contribution in [0.4, 0.5) is 5.69 Å². The van der Waals surface area contributed by atoms with Crippen LogP contribution in [0.25, 0.3) is 0 Å². The largest absolute Gasteiger partial charge is 0.485 e. The number of hydrogen-bond acceptors (Lipinski definition) is 4. The van der Waals surface area contributed by atoms with Crippen molar-refractivity contribution in [3.63, 3.8) is 0 Å². The van der Waals surface area contributed by atoms with Gasteiger partial charge in [-0.1, -0.05) is 18.2 Å². The second-order valence-electron chi connectivity index (χ2n) is 8.90. The van der Waals surface area contributed by atoms with Gasteiger partial charge in [0.1, 0.15) is 5.75 Å². The number of Topliss-reactive ketones (excluding diaryl/α,β-unsaturated/α-hetero) is 1. The fourth-order valence-corrected chi connectivity index (χ4v) is 5.52. The molecule has 0 unspecified atom stereocenters. The molecule has 0 aromatic heterocycles. The highest BCUT2D eigenvalue weighted by atomic mass is 16.5. The second-order valence-corrected chi connectivity index (χ2v) is 8.90. The molecule has 5 heteroatoms. The monoisotopic (exact) mass is 403 g/mol. The number of hydrogen-bond donors (Lipinski definition) is 0. The van der Waals surface area contributed by atoms with E-state index in [1.807, 2.05) is 26.0 Å². The van der Waals surface area contributed by atoms with E-state index in [2.05, 4.69) is 0 Å². The predicted molar refractivity (Wildman–Crippen MR) is 112 cm³/mol. The summed E-state index contributed by atoms with van der Waals surface area (Å²) < 4.78 is 5.71. The molecule has 2 aliphatic carbocycles. The molecule has 4 atom stereocenters. The van der Waals surface area contributed by atoms with Crippen LogP contribution in [0.2, 0.25) is 0 Å². The summed E-state index contributed by atoms with van der Waals surface area (Å²) in [6.45, 7) is 3.89. The average molecular weight is 403 g/mol. The minimum Gasteiger partial charge on any atom is -0.485 e. The van der Waals surface area contributed by atoms with Crippen LogP contribution in [0.15, 0.2) is 42.5 Å². The van der Waals surface area contributed by atoms with Crippen LogP contribution >= 0.6 is 0 Å². The van der Waals surface area contributed by atoms with E-state index < -0.39 is 0 Å². The van der Waals surface area contributed by atoms with Gasteiger partial charge in [0, 0.05) is 11.6 Å². The molecule has 5 rings (SSSR count). The zero-order valence-electron chi connectivity index (χ0n) is 17.3. The summed E-state index contributed by atoms with van der Waals surface area (Å²) in [4.78, 5) is 39.9. The Morgan fingerprint density at radius 1 is 0.967 bits per heavy atom. The minimum atomic E-state index is -0.146. The first-order valence-corrected chi connectivity index (χ1v) is 10.6. The van der Waals surface area contributed by atoms with E-state index >= 15 is 0 Å². The highest BCUT2D eigenvalue weighted by molar-refractivity contribution is 6.22. The van der Waals surface area contributed by atoms with Gasteiger partial charge in [0.25, 0.3) is 0 Å². The van der Waals surface area contributed by atoms with Gasteiger partial charge < -0.3 is 4.74 Å². The molecule has 2 bridgehead atoms. The van der Waals surface area contributed by atoms with Crippen molar-refractivity contribution in [3.8, 4) is 5.75 Å². The summed E-state index contributed by atoms with van der Waals surface area (Å²) >= 11 is 0. The number of fused-ring (bicyclic) bond motifs is 5. The summed E-state index contributed by atoms with van der Waals surface area (Å²) in [6.07, 6.45) is 3.13. The van der Waals surface area contributed by atoms with E-state index in [-0.39, 0.29) is 36.0 Å². The number of carbonyl (C=O) groups is 3. The van der Waals surface area contributed by atoms with Crippen molar-refractivity contribution in [2.75, 3.05) is 11.5 Å². The highest BCUT2D eigenvalue weighted by Crippen LogP contribution is 2.56. The summed E-state index contributed by atoms with van der Waals surface area (Å²) in [7, 11) is 0. The minimum absolute atomic E-state index is 0.0689. The lowest BCUT2D eigenvalue weighted by atomic mass is 9.81. The fraction of sp³-hybridized carbons (Fsp3) is 0.400. The molecule has 0 N–H and O–H groups in total. The third kappa shape index (κ3) is 2.95. The Balaban J connectivity index is 1.31. The molecule has 0 spiro atoms. The molecular weight excluding hydrogens is 378 g/mol. The third-order valence-corrected chi connectivity index (χ3v) is 7.20. The average Bonchev–Trinajstić information content (AvgIpc) is 3.42. The van der Waals surface area contributed by atoms with E-state index in [4.69, 9.17) is 4.74 Å². The molecule has 0 radical (unpaired) electrons. The number of benzene rings is 2. The number of anilines is 1. The van der Waals surface area contributed by atoms with E-state index in [1.54, 1.807) is 30.3 Å². The van der Waals surface area contributed by atoms with Gasteiger partial charge in [-0.2, -0.15) is 0 Å². The Kier molecular flexibility index (Phi) is 4.49. The van der Waals surface area contributed by atoms with Crippen LogP contribution in [0, 0.1) is 37.5 Å². The first-order valence-electron chi connectivity index (χ1n) is 10.6. The van der Waals surface area contributed by atoms with Gasteiger partial charge in [-0.3, -0.25) is 14.4 Å². The van der Waals surface area contributed by atoms with Crippen molar-refractivity contribution in [3.05, 3.63) is 59.2 Å². The van der Waals surface area contributed by atoms with Crippen LogP contribution in [0.1, 0.15) is 40.7 Å². The number of aryl methyl sites for hydroxylation is 2. The molecule has 2 saturated carbocycles. The maximum Gasteiger partial charge on any atom is 0.237 e. The molecule has 30 heavy (non-hydrogen) atoms. The number of rotatable bonds is 5. The Hall–Kier alpha value is -2.95. The van der Waals surface area contributed by atoms with Crippen molar-refractivity contribution < 1.29 is 19.1 Å². The number of ketones is 1. The Labute approximate surface area is 176 Å². The number of carbonyl (C=O) groups excluding carboxylic acids is 3. The molecule has 2 amide bonds. The maximum atomic E-state index is 13.0. The van der Waals surface area contributed by atoms with Gasteiger partial charge in [-0.25, -0.2) is 4.90 Å². The van der Waals surface area contributed by atoms with Crippen molar-refractivity contribution in [2.24, 2.45) is 23.7 Å². The van der Waals surface area contributed by atoms with Gasteiger partial charge in [0.05, 0.1) is 17.5 Å². The molecule has 2 aromatic rings. The predicted octanol–water partition coefficient (Wildman–Crippen LogP) is 4.10. The number of amides is 2. The van der Waals surface area contributed by atoms with Gasteiger partial charge in [-0.05, 0) is 74.3 Å². The second kappa shape index (κ2) is 7.08. The normalized spacial score (nSPS) is 26.9. The molecule has 1 saturated heterocycles. The van der Waals surface area contributed by atoms with Gasteiger partial charge in [-0.15, -0.1) is 0 Å². The van der Waals surface area contributed by atoms with E-state index in [9.17, 15) is 14.4 Å². The van der Waals surface area contributed by atoms with E-state index in [0.29, 0.717) is 28.8 Å². The molecule has 2 aromatic carbocycles. The van der Waals surface area contributed by atoms with Crippen molar-refractivity contribution in [1.82, 2.24) is 0 Å². The highest BCUT2D eigenvalue weighted by Gasteiger charge is 2.61. The number of nitrogens with zero attached hydrogens (tertiary/aromatic N) is 1. The molecule has 3 fully saturated rings. The van der Waals surface area contributed by atoms with E-state index in [1.165, 1.54) is 4.90 Å². The maximum absolute atomic E-state index is 13.0. The summed E-state index contributed by atoms with van der Waals surface area (Å²) in [5.41, 5.74) is 3.35. The molecular formula is C25H25NO4. The Morgan fingerprint density at radius 3 is 2.33 bits per heavy atom. The smallest absolute Gasteiger partial charge is 0.237 e. The zero-order valence-corrected chi connectivity index (χ0v) is 17.3. The van der Waals surface area contributed by atoms with Crippen LogP contribution in [0.3, 0.4) is 0 Å². The number of ether oxygens (including phenoxy) is 1. The van der Waals surface area contributed by atoms with Crippen LogP contribution in [-0.4, -0.2) is 24.2 Å². The molecule has 1 aliphatic heterocycles. The van der Waals surface area contributed by atoms with Crippen molar-refractivity contribution >= 4 is 23.3 Å². The standard InChI is InChI=1S/C25H25NO4/c1-14-6-7-16(10-15(14)2)21(27)13-30-20-5-3-4-19(12-20)26-24(28)22-17-8-9-18(11-17)23(22)25(26)29/h3-7,10,12,17-18,22-23H,8-9,11,13H2,1-2H3/t17-,18-,22+,23+/m0/s1. The quantitative estimate of drug-likeness (QED) is 0.557. The van der Waals surface area contributed by atoms with Gasteiger partial charge in [0.2, 0.25) is 11.8 Å².